The lowest BCUT2D eigenvalue weighted by Gasteiger charge is -2.07. The molecule has 18 heavy (non-hydrogen) atoms. The maximum absolute atomic E-state index is 5.75. The molecule has 0 aliphatic heterocycles. The van der Waals surface area contributed by atoms with Crippen LogP contribution in [0.3, 0.4) is 0 Å². The molecule has 0 radical (unpaired) electrons. The fourth-order valence-electron chi connectivity index (χ4n) is 2.52. The first kappa shape index (κ1) is 12.8. The second-order valence-corrected chi connectivity index (χ2v) is 5.01. The molecule has 2 aromatic rings. The van der Waals surface area contributed by atoms with Crippen LogP contribution in [0.15, 0.2) is 18.2 Å². The van der Waals surface area contributed by atoms with E-state index in [1.54, 1.807) is 0 Å². The van der Waals surface area contributed by atoms with E-state index in [0.29, 0.717) is 6.54 Å². The van der Waals surface area contributed by atoms with Gasteiger partial charge in [-0.25, -0.2) is 0 Å². The molecule has 0 aliphatic carbocycles. The molecule has 2 rings (SSSR count). The van der Waals surface area contributed by atoms with Gasteiger partial charge in [-0.05, 0) is 33.3 Å². The average molecular weight is 243 g/mol. The lowest BCUT2D eigenvalue weighted by atomic mass is 10.1. The Bertz CT molecular complexity index is 547. The molecule has 0 saturated carbocycles. The fourth-order valence-corrected chi connectivity index (χ4v) is 2.52. The zero-order valence-corrected chi connectivity index (χ0v) is 11.6. The van der Waals surface area contributed by atoms with Crippen molar-refractivity contribution < 1.29 is 0 Å². The van der Waals surface area contributed by atoms with Crippen LogP contribution in [-0.4, -0.2) is 9.78 Å². The second kappa shape index (κ2) is 4.94. The van der Waals surface area contributed by atoms with Crippen LogP contribution in [0, 0.1) is 27.7 Å². The van der Waals surface area contributed by atoms with E-state index in [0.717, 1.165) is 12.2 Å². The van der Waals surface area contributed by atoms with Gasteiger partial charge in [-0.1, -0.05) is 29.3 Å². The highest BCUT2D eigenvalue weighted by Crippen LogP contribution is 2.15. The van der Waals surface area contributed by atoms with Crippen LogP contribution in [-0.2, 0) is 13.1 Å². The number of aromatic nitrogens is 2. The van der Waals surface area contributed by atoms with Gasteiger partial charge in [0.1, 0.15) is 0 Å². The Morgan fingerprint density at radius 1 is 1.06 bits per heavy atom. The van der Waals surface area contributed by atoms with Crippen LogP contribution in [0.25, 0.3) is 0 Å². The van der Waals surface area contributed by atoms with Crippen LogP contribution < -0.4 is 5.73 Å². The first-order chi connectivity index (χ1) is 8.51. The maximum Gasteiger partial charge on any atom is 0.0662 e. The number of nitrogens with two attached hydrogens (primary N) is 1. The lowest BCUT2D eigenvalue weighted by Crippen LogP contribution is -2.06. The first-order valence-electron chi connectivity index (χ1n) is 6.31. The molecule has 96 valence electrons. The molecule has 1 heterocycles. The molecule has 0 saturated heterocycles. The van der Waals surface area contributed by atoms with Crippen molar-refractivity contribution >= 4 is 0 Å². The lowest BCUT2D eigenvalue weighted by molar-refractivity contribution is 0.657. The average Bonchev–Trinajstić information content (AvgIpc) is 2.52. The second-order valence-electron chi connectivity index (χ2n) is 5.01. The summed E-state index contributed by atoms with van der Waals surface area (Å²) < 4.78 is 2.05. The summed E-state index contributed by atoms with van der Waals surface area (Å²) in [5.41, 5.74) is 13.0. The minimum Gasteiger partial charge on any atom is -0.326 e. The summed E-state index contributed by atoms with van der Waals surface area (Å²) >= 11 is 0. The topological polar surface area (TPSA) is 43.8 Å². The molecule has 1 aromatic carbocycles. The smallest absolute Gasteiger partial charge is 0.0662 e. The van der Waals surface area contributed by atoms with E-state index in [2.05, 4.69) is 44.1 Å². The van der Waals surface area contributed by atoms with Crippen LogP contribution in [0.2, 0.25) is 0 Å². The molecule has 3 heteroatoms. The molecule has 0 aliphatic rings. The summed E-state index contributed by atoms with van der Waals surface area (Å²) in [6.07, 6.45) is 0. The highest BCUT2D eigenvalue weighted by molar-refractivity contribution is 5.30. The van der Waals surface area contributed by atoms with Crippen molar-refractivity contribution in [3.63, 3.8) is 0 Å². The van der Waals surface area contributed by atoms with Crippen molar-refractivity contribution in [3.05, 3.63) is 51.8 Å². The molecule has 0 amide bonds. The van der Waals surface area contributed by atoms with Gasteiger partial charge < -0.3 is 5.73 Å². The van der Waals surface area contributed by atoms with E-state index < -0.39 is 0 Å². The first-order valence-corrected chi connectivity index (χ1v) is 6.31. The number of aryl methyl sites for hydroxylation is 3. The Kier molecular flexibility index (Phi) is 3.53. The van der Waals surface area contributed by atoms with E-state index >= 15 is 0 Å². The van der Waals surface area contributed by atoms with Crippen LogP contribution in [0.5, 0.6) is 0 Å². The summed E-state index contributed by atoms with van der Waals surface area (Å²) in [5.74, 6) is 0. The highest BCUT2D eigenvalue weighted by atomic mass is 15.3. The van der Waals surface area contributed by atoms with Gasteiger partial charge in [0.25, 0.3) is 0 Å². The predicted octanol–water partition coefficient (Wildman–Crippen LogP) is 2.62. The third-order valence-corrected chi connectivity index (χ3v) is 3.35. The Labute approximate surface area is 109 Å². The zero-order valence-electron chi connectivity index (χ0n) is 11.6. The molecule has 0 bridgehead atoms. The number of hydrogen-bond acceptors (Lipinski definition) is 2. The summed E-state index contributed by atoms with van der Waals surface area (Å²) in [5, 5.41) is 4.57. The minimum atomic E-state index is 0.560. The van der Waals surface area contributed by atoms with E-state index in [1.165, 1.54) is 27.9 Å². The Hall–Kier alpha value is -1.61. The van der Waals surface area contributed by atoms with E-state index in [4.69, 9.17) is 5.73 Å². The van der Waals surface area contributed by atoms with Crippen molar-refractivity contribution in [3.8, 4) is 0 Å². The maximum atomic E-state index is 5.75. The molecular formula is C15H21N3. The quantitative estimate of drug-likeness (QED) is 0.900. The highest BCUT2D eigenvalue weighted by Gasteiger charge is 2.10. The molecule has 0 fully saturated rings. The molecule has 1 aromatic heterocycles. The molecule has 2 N–H and O–H groups in total. The summed E-state index contributed by atoms with van der Waals surface area (Å²) in [6.45, 7) is 9.74. The summed E-state index contributed by atoms with van der Waals surface area (Å²) in [6, 6.07) is 6.62. The largest absolute Gasteiger partial charge is 0.326 e. The van der Waals surface area contributed by atoms with Crippen molar-refractivity contribution in [1.82, 2.24) is 9.78 Å². The van der Waals surface area contributed by atoms with Crippen molar-refractivity contribution in [1.29, 1.82) is 0 Å². The molecule has 0 spiro atoms. The Morgan fingerprint density at radius 3 is 2.17 bits per heavy atom. The molecule has 0 atom stereocenters. The normalized spacial score (nSPS) is 10.9. The zero-order chi connectivity index (χ0) is 13.3. The van der Waals surface area contributed by atoms with E-state index in [9.17, 15) is 0 Å². The summed E-state index contributed by atoms with van der Waals surface area (Å²) in [4.78, 5) is 0. The van der Waals surface area contributed by atoms with Crippen LogP contribution >= 0.6 is 0 Å². The van der Waals surface area contributed by atoms with Gasteiger partial charge in [-0.2, -0.15) is 5.10 Å². The SMILES string of the molecule is Cc1cc(C)cc(Cn2nc(C)c(CN)c2C)c1. The molecular weight excluding hydrogens is 222 g/mol. The van der Waals surface area contributed by atoms with Gasteiger partial charge in [0, 0.05) is 17.8 Å². The number of nitrogens with zero attached hydrogens (tertiary/aromatic N) is 2. The van der Waals surface area contributed by atoms with Gasteiger partial charge in [0.2, 0.25) is 0 Å². The van der Waals surface area contributed by atoms with Crippen molar-refractivity contribution in [2.75, 3.05) is 0 Å². The monoisotopic (exact) mass is 243 g/mol. The van der Waals surface area contributed by atoms with Crippen LogP contribution in [0.4, 0.5) is 0 Å². The molecule has 0 unspecified atom stereocenters. The van der Waals surface area contributed by atoms with Gasteiger partial charge in [0.05, 0.1) is 12.2 Å². The van der Waals surface area contributed by atoms with E-state index in [-0.39, 0.29) is 0 Å². The number of hydrogen-bond donors (Lipinski definition) is 1. The van der Waals surface area contributed by atoms with E-state index in [1.807, 2.05) is 11.6 Å². The van der Waals surface area contributed by atoms with Crippen molar-refractivity contribution in [2.45, 2.75) is 40.8 Å². The van der Waals surface area contributed by atoms with Gasteiger partial charge in [-0.15, -0.1) is 0 Å². The standard InChI is InChI=1S/C15H21N3/c1-10-5-11(2)7-14(6-10)9-18-13(4)15(8-16)12(3)17-18/h5-7H,8-9,16H2,1-4H3. The van der Waals surface area contributed by atoms with Crippen LogP contribution in [0.1, 0.15) is 33.6 Å². The summed E-state index contributed by atoms with van der Waals surface area (Å²) in [7, 11) is 0. The third kappa shape index (κ3) is 2.46. The Morgan fingerprint density at radius 2 is 1.67 bits per heavy atom. The van der Waals surface area contributed by atoms with Gasteiger partial charge in [0.15, 0.2) is 0 Å². The Balaban J connectivity index is 2.34. The fraction of sp³-hybridized carbons (Fsp3) is 0.400. The third-order valence-electron chi connectivity index (χ3n) is 3.35. The van der Waals surface area contributed by atoms with Gasteiger partial charge in [-0.3, -0.25) is 4.68 Å². The number of rotatable bonds is 3. The predicted molar refractivity (Wildman–Crippen MR) is 74.6 cm³/mol. The minimum absolute atomic E-state index is 0.560. The van der Waals surface area contributed by atoms with Crippen molar-refractivity contribution in [2.24, 2.45) is 5.73 Å². The number of benzene rings is 1. The molecule has 3 nitrogen and oxygen atoms in total. The van der Waals surface area contributed by atoms with Gasteiger partial charge >= 0.3 is 0 Å².